The maximum absolute atomic E-state index is 13.0. The normalized spacial score (nSPS) is 16.2. The Labute approximate surface area is 192 Å². The van der Waals surface area contributed by atoms with E-state index in [9.17, 15) is 4.79 Å². The summed E-state index contributed by atoms with van der Waals surface area (Å²) in [4.78, 5) is 13.0. The van der Waals surface area contributed by atoms with Gasteiger partial charge in [-0.05, 0) is 37.1 Å². The molecule has 0 spiro atoms. The molecule has 9 heteroatoms. The van der Waals surface area contributed by atoms with Gasteiger partial charge < -0.3 is 28.4 Å². The Morgan fingerprint density at radius 3 is 2.61 bits per heavy atom. The van der Waals surface area contributed by atoms with E-state index in [0.29, 0.717) is 53.0 Å². The van der Waals surface area contributed by atoms with Crippen LogP contribution in [0.1, 0.15) is 34.0 Å². The lowest BCUT2D eigenvalue weighted by molar-refractivity contribution is 0.0521. The van der Waals surface area contributed by atoms with Gasteiger partial charge in [-0.25, -0.2) is 4.79 Å². The molecule has 2 aromatic rings. The summed E-state index contributed by atoms with van der Waals surface area (Å²) in [6, 6.07) is 5.56. The predicted octanol–water partition coefficient (Wildman–Crippen LogP) is 3.05. The van der Waals surface area contributed by atoms with Crippen molar-refractivity contribution >= 4 is 11.7 Å². The zero-order valence-electron chi connectivity index (χ0n) is 19.5. The first-order valence-corrected chi connectivity index (χ1v) is 10.7. The summed E-state index contributed by atoms with van der Waals surface area (Å²) < 4.78 is 33.4. The molecule has 0 unspecified atom stereocenters. The molecule has 0 saturated carbocycles. The van der Waals surface area contributed by atoms with E-state index >= 15 is 0 Å². The molecule has 33 heavy (non-hydrogen) atoms. The average molecular weight is 456 g/mol. The molecule has 0 saturated heterocycles. The lowest BCUT2D eigenvalue weighted by Gasteiger charge is -2.25. The van der Waals surface area contributed by atoms with Gasteiger partial charge in [0.05, 0.1) is 33.6 Å². The van der Waals surface area contributed by atoms with Crippen molar-refractivity contribution in [2.75, 3.05) is 48.3 Å². The number of carbonyl (C=O) groups excluding carboxylic acids is 1. The highest BCUT2D eigenvalue weighted by molar-refractivity contribution is 6.11. The number of rotatable bonds is 6. The van der Waals surface area contributed by atoms with Gasteiger partial charge >= 0.3 is 5.97 Å². The first-order chi connectivity index (χ1) is 16.0. The van der Waals surface area contributed by atoms with Crippen molar-refractivity contribution in [3.8, 4) is 28.7 Å². The number of methoxy groups -OCH3 is 3. The van der Waals surface area contributed by atoms with Gasteiger partial charge in [0, 0.05) is 31.1 Å². The molecule has 0 radical (unpaired) electrons. The summed E-state index contributed by atoms with van der Waals surface area (Å²) in [7, 11) is 6.53. The third-order valence-electron chi connectivity index (χ3n) is 5.70. The van der Waals surface area contributed by atoms with Crippen LogP contribution in [0.4, 0.5) is 0 Å². The van der Waals surface area contributed by atoms with E-state index in [1.807, 2.05) is 18.1 Å². The number of hydrazone groups is 1. The second-order valence-corrected chi connectivity index (χ2v) is 7.58. The fourth-order valence-corrected chi connectivity index (χ4v) is 4.20. The van der Waals surface area contributed by atoms with Crippen LogP contribution in [0.25, 0.3) is 0 Å². The van der Waals surface area contributed by atoms with Gasteiger partial charge in [-0.1, -0.05) is 0 Å². The third kappa shape index (κ3) is 4.10. The quantitative estimate of drug-likeness (QED) is 0.613. The number of benzene rings is 2. The smallest absolute Gasteiger partial charge is 0.342 e. The van der Waals surface area contributed by atoms with Crippen molar-refractivity contribution in [1.29, 1.82) is 0 Å². The predicted molar refractivity (Wildman–Crippen MR) is 121 cm³/mol. The van der Waals surface area contributed by atoms with Crippen molar-refractivity contribution in [3.05, 3.63) is 40.5 Å². The molecule has 0 aromatic heterocycles. The van der Waals surface area contributed by atoms with Crippen molar-refractivity contribution < 1.29 is 33.2 Å². The first-order valence-electron chi connectivity index (χ1n) is 10.7. The number of ether oxygens (including phenoxy) is 6. The van der Waals surface area contributed by atoms with E-state index in [-0.39, 0.29) is 19.0 Å². The summed E-state index contributed by atoms with van der Waals surface area (Å²) in [6.07, 6.45) is 1.16. The van der Waals surface area contributed by atoms with E-state index in [2.05, 4.69) is 0 Å². The molecular weight excluding hydrogens is 428 g/mol. The summed E-state index contributed by atoms with van der Waals surface area (Å²) in [6.45, 7) is 2.81. The number of hydrogen-bond donors (Lipinski definition) is 0. The second kappa shape index (κ2) is 9.48. The Morgan fingerprint density at radius 2 is 1.91 bits per heavy atom. The Morgan fingerprint density at radius 1 is 1.12 bits per heavy atom. The third-order valence-corrected chi connectivity index (χ3v) is 5.70. The highest BCUT2D eigenvalue weighted by Gasteiger charge is 2.30. The van der Waals surface area contributed by atoms with Gasteiger partial charge in [0.25, 0.3) is 0 Å². The number of carbonyl (C=O) groups is 1. The molecule has 2 aliphatic heterocycles. The Balaban J connectivity index is 1.90. The summed E-state index contributed by atoms with van der Waals surface area (Å²) >= 11 is 0. The molecule has 2 aliphatic rings. The minimum absolute atomic E-state index is 0.151. The van der Waals surface area contributed by atoms with E-state index in [4.69, 9.17) is 33.5 Å². The second-order valence-electron chi connectivity index (χ2n) is 7.58. The lowest BCUT2D eigenvalue weighted by atomic mass is 9.91. The molecule has 0 amide bonds. The molecule has 0 fully saturated rings. The van der Waals surface area contributed by atoms with E-state index in [0.717, 1.165) is 17.5 Å². The molecular formula is C24H28N2O7. The summed E-state index contributed by atoms with van der Waals surface area (Å²) in [5.41, 5.74) is 3.56. The summed E-state index contributed by atoms with van der Waals surface area (Å²) in [5.74, 6) is 2.11. The number of likely N-dealkylation sites (N-methyl/N-ethyl adjacent to an activating group) is 1. The maximum atomic E-state index is 13.0. The van der Waals surface area contributed by atoms with Crippen molar-refractivity contribution in [2.45, 2.75) is 19.8 Å². The minimum Gasteiger partial charge on any atom is -0.493 e. The molecule has 0 atom stereocenters. The summed E-state index contributed by atoms with van der Waals surface area (Å²) in [5, 5.41) is 6.69. The van der Waals surface area contributed by atoms with Crippen molar-refractivity contribution in [3.63, 3.8) is 0 Å². The molecule has 9 nitrogen and oxygen atoms in total. The molecule has 2 aromatic carbocycles. The highest BCUT2D eigenvalue weighted by atomic mass is 16.7. The largest absolute Gasteiger partial charge is 0.493 e. The van der Waals surface area contributed by atoms with Crippen LogP contribution in [0.5, 0.6) is 28.7 Å². The molecule has 0 bridgehead atoms. The van der Waals surface area contributed by atoms with Crippen molar-refractivity contribution in [1.82, 2.24) is 5.01 Å². The zero-order valence-corrected chi connectivity index (χ0v) is 19.5. The average Bonchev–Trinajstić information content (AvgIpc) is 3.28. The standard InChI is InChI=1S/C24H28N2O7/c1-6-31-24(27)20-15(7-8-18(28-3)22(20)30-5)17-12-16-14(9-10-26(2)25-17)11-19-23(21(16)29-4)33-13-32-19/h7-8,11H,6,9-10,12-13H2,1-5H3/b25-17+. The van der Waals surface area contributed by atoms with E-state index in [1.54, 1.807) is 26.2 Å². The monoisotopic (exact) mass is 456 g/mol. The number of hydrogen-bond acceptors (Lipinski definition) is 9. The Hall–Kier alpha value is -3.62. The molecule has 2 heterocycles. The van der Waals surface area contributed by atoms with Crippen LogP contribution in [0, 0.1) is 0 Å². The van der Waals surface area contributed by atoms with Gasteiger partial charge in [0.1, 0.15) is 5.56 Å². The zero-order chi connectivity index (χ0) is 23.5. The first kappa shape index (κ1) is 22.6. The minimum atomic E-state index is -0.506. The maximum Gasteiger partial charge on any atom is 0.342 e. The molecule has 0 aliphatic carbocycles. The van der Waals surface area contributed by atoms with Crippen LogP contribution in [-0.4, -0.2) is 65.0 Å². The van der Waals surface area contributed by atoms with Crippen LogP contribution in [0.15, 0.2) is 23.3 Å². The fourth-order valence-electron chi connectivity index (χ4n) is 4.20. The van der Waals surface area contributed by atoms with E-state index < -0.39 is 5.97 Å². The number of nitrogens with zero attached hydrogens (tertiary/aromatic N) is 2. The van der Waals surface area contributed by atoms with Gasteiger partial charge in [0.2, 0.25) is 12.5 Å². The van der Waals surface area contributed by atoms with Gasteiger partial charge in [-0.15, -0.1) is 0 Å². The molecule has 176 valence electrons. The number of esters is 1. The van der Waals surface area contributed by atoms with E-state index in [1.165, 1.54) is 14.2 Å². The van der Waals surface area contributed by atoms with Crippen LogP contribution in [0.2, 0.25) is 0 Å². The molecule has 0 N–H and O–H groups in total. The van der Waals surface area contributed by atoms with Crippen molar-refractivity contribution in [2.24, 2.45) is 5.10 Å². The van der Waals surface area contributed by atoms with Gasteiger partial charge in [-0.2, -0.15) is 5.10 Å². The fraction of sp³-hybridized carbons (Fsp3) is 0.417. The highest BCUT2D eigenvalue weighted by Crippen LogP contribution is 2.46. The molecule has 4 rings (SSSR count). The lowest BCUT2D eigenvalue weighted by Crippen LogP contribution is -2.25. The Kier molecular flexibility index (Phi) is 6.48. The Bertz CT molecular complexity index is 1100. The topological polar surface area (TPSA) is 88.1 Å². The van der Waals surface area contributed by atoms with Crippen LogP contribution < -0.4 is 23.7 Å². The van der Waals surface area contributed by atoms with Gasteiger partial charge in [-0.3, -0.25) is 5.01 Å². The van der Waals surface area contributed by atoms with Crippen LogP contribution in [-0.2, 0) is 17.6 Å². The SMILES string of the molecule is CCOC(=O)c1c(/C2=N/N(C)CCc3cc4c(c(OC)c3C2)OCO4)ccc(OC)c1OC. The van der Waals surface area contributed by atoms with Crippen LogP contribution in [0.3, 0.4) is 0 Å². The van der Waals surface area contributed by atoms with Gasteiger partial charge in [0.15, 0.2) is 23.0 Å². The van der Waals surface area contributed by atoms with Crippen LogP contribution >= 0.6 is 0 Å². The number of fused-ring (bicyclic) bond motifs is 2.